The molecule has 1 aromatic rings. The van der Waals surface area contributed by atoms with Crippen LogP contribution in [0.15, 0.2) is 18.2 Å². The molecule has 2 atom stereocenters. The number of carbonyl (C=O) groups excluding carboxylic acids is 1. The number of hydrogen-bond acceptors (Lipinski definition) is 1. The summed E-state index contributed by atoms with van der Waals surface area (Å²) < 4.78 is 0. The highest BCUT2D eigenvalue weighted by atomic mass is 35.5. The Kier molecular flexibility index (Phi) is 4.76. The summed E-state index contributed by atoms with van der Waals surface area (Å²) in [5, 5.41) is 0.579. The van der Waals surface area contributed by atoms with E-state index in [4.69, 9.17) is 11.6 Å². The van der Waals surface area contributed by atoms with Crippen molar-refractivity contribution < 1.29 is 4.79 Å². The summed E-state index contributed by atoms with van der Waals surface area (Å²) in [6.07, 6.45) is 1.04. The Hall–Kier alpha value is -0.390. The standard InChI is InChI=1S/C12H16ClOP/c1-4-9(3)15-12(14)11-8(2)6-5-7-10(11)13/h5-7,9,15H,4H2,1-3H3. The van der Waals surface area contributed by atoms with Crippen LogP contribution >= 0.6 is 20.2 Å². The van der Waals surface area contributed by atoms with Crippen LogP contribution in [0.5, 0.6) is 0 Å². The molecule has 0 radical (unpaired) electrons. The van der Waals surface area contributed by atoms with Gasteiger partial charge in [-0.05, 0) is 39.2 Å². The summed E-state index contributed by atoms with van der Waals surface area (Å²) in [4.78, 5) is 12.0. The zero-order chi connectivity index (χ0) is 11.4. The second kappa shape index (κ2) is 5.63. The summed E-state index contributed by atoms with van der Waals surface area (Å²) >= 11 is 6.03. The molecule has 0 saturated carbocycles. The van der Waals surface area contributed by atoms with Gasteiger partial charge in [0.25, 0.3) is 0 Å². The number of benzene rings is 1. The highest BCUT2D eigenvalue weighted by molar-refractivity contribution is 7.59. The highest BCUT2D eigenvalue weighted by Gasteiger charge is 2.15. The van der Waals surface area contributed by atoms with Gasteiger partial charge in [-0.3, -0.25) is 4.79 Å². The number of hydrogen-bond donors (Lipinski definition) is 0. The predicted molar refractivity (Wildman–Crippen MR) is 68.6 cm³/mol. The average Bonchev–Trinajstić information content (AvgIpc) is 2.17. The lowest BCUT2D eigenvalue weighted by Gasteiger charge is -2.10. The molecule has 1 aromatic carbocycles. The fourth-order valence-corrected chi connectivity index (χ4v) is 2.83. The molecular formula is C12H16ClOP. The molecule has 0 saturated heterocycles. The minimum atomic E-state index is 0.187. The minimum absolute atomic E-state index is 0.187. The van der Waals surface area contributed by atoms with E-state index in [1.807, 2.05) is 19.1 Å². The van der Waals surface area contributed by atoms with Crippen molar-refractivity contribution in [2.24, 2.45) is 0 Å². The molecule has 3 heteroatoms. The van der Waals surface area contributed by atoms with Crippen LogP contribution in [0.2, 0.25) is 5.02 Å². The molecule has 0 spiro atoms. The van der Waals surface area contributed by atoms with Crippen molar-refractivity contribution in [3.05, 3.63) is 34.3 Å². The Balaban J connectivity index is 2.91. The number of aryl methyl sites for hydroxylation is 1. The van der Waals surface area contributed by atoms with E-state index in [0.717, 1.165) is 12.0 Å². The predicted octanol–water partition coefficient (Wildman–Crippen LogP) is 4.27. The first kappa shape index (κ1) is 12.7. The van der Waals surface area contributed by atoms with Crippen LogP contribution in [0.1, 0.15) is 36.2 Å². The average molecular weight is 243 g/mol. The van der Waals surface area contributed by atoms with Crippen LogP contribution in [0.25, 0.3) is 0 Å². The maximum absolute atomic E-state index is 12.0. The summed E-state index contributed by atoms with van der Waals surface area (Å²) in [5.74, 6) is 0. The molecule has 0 aromatic heterocycles. The van der Waals surface area contributed by atoms with Crippen molar-refractivity contribution in [1.29, 1.82) is 0 Å². The largest absolute Gasteiger partial charge is 0.289 e. The van der Waals surface area contributed by atoms with Crippen LogP contribution in [-0.4, -0.2) is 11.2 Å². The zero-order valence-corrected chi connectivity index (χ0v) is 11.1. The SMILES string of the molecule is CCC(C)PC(=O)c1c(C)cccc1Cl. The van der Waals surface area contributed by atoms with Gasteiger partial charge < -0.3 is 0 Å². The van der Waals surface area contributed by atoms with E-state index in [2.05, 4.69) is 13.8 Å². The fourth-order valence-electron chi connectivity index (χ4n) is 1.32. The third-order valence-corrected chi connectivity index (χ3v) is 4.17. The van der Waals surface area contributed by atoms with Crippen LogP contribution in [0.4, 0.5) is 0 Å². The normalized spacial score (nSPS) is 13.3. The maximum atomic E-state index is 12.0. The van der Waals surface area contributed by atoms with E-state index in [0.29, 0.717) is 24.8 Å². The maximum Gasteiger partial charge on any atom is 0.183 e. The van der Waals surface area contributed by atoms with Crippen LogP contribution < -0.4 is 0 Å². The lowest BCUT2D eigenvalue weighted by molar-refractivity contribution is 0.108. The van der Waals surface area contributed by atoms with Gasteiger partial charge >= 0.3 is 0 Å². The molecule has 0 heterocycles. The third-order valence-electron chi connectivity index (χ3n) is 2.44. The van der Waals surface area contributed by atoms with E-state index in [1.54, 1.807) is 6.07 Å². The van der Waals surface area contributed by atoms with E-state index >= 15 is 0 Å². The Morgan fingerprint density at radius 1 is 1.53 bits per heavy atom. The van der Waals surface area contributed by atoms with Gasteiger partial charge in [0, 0.05) is 5.56 Å². The summed E-state index contributed by atoms with van der Waals surface area (Å²) in [5.41, 5.74) is 2.32. The highest BCUT2D eigenvalue weighted by Crippen LogP contribution is 2.31. The monoisotopic (exact) mass is 242 g/mol. The molecule has 0 aliphatic heterocycles. The van der Waals surface area contributed by atoms with Crippen molar-refractivity contribution in [3.8, 4) is 0 Å². The van der Waals surface area contributed by atoms with Gasteiger partial charge in [0.1, 0.15) is 0 Å². The van der Waals surface area contributed by atoms with Crippen molar-refractivity contribution >= 4 is 25.7 Å². The molecule has 0 fully saturated rings. The van der Waals surface area contributed by atoms with Crippen molar-refractivity contribution in [3.63, 3.8) is 0 Å². The van der Waals surface area contributed by atoms with Crippen LogP contribution in [0, 0.1) is 6.92 Å². The summed E-state index contributed by atoms with van der Waals surface area (Å²) in [7, 11) is 0.327. The first-order valence-corrected chi connectivity index (χ1v) is 6.57. The first-order valence-electron chi connectivity index (χ1n) is 5.12. The van der Waals surface area contributed by atoms with Gasteiger partial charge in [-0.1, -0.05) is 37.6 Å². The molecule has 0 bridgehead atoms. The Morgan fingerprint density at radius 3 is 2.73 bits per heavy atom. The lowest BCUT2D eigenvalue weighted by Crippen LogP contribution is -2.01. The second-order valence-corrected chi connectivity index (χ2v) is 5.85. The molecule has 1 rings (SSSR count). The summed E-state index contributed by atoms with van der Waals surface area (Å²) in [6.45, 7) is 6.13. The van der Waals surface area contributed by atoms with Gasteiger partial charge in [-0.2, -0.15) is 0 Å². The fraction of sp³-hybridized carbons (Fsp3) is 0.417. The van der Waals surface area contributed by atoms with Gasteiger partial charge in [0.2, 0.25) is 0 Å². The third kappa shape index (κ3) is 3.29. The quantitative estimate of drug-likeness (QED) is 0.721. The van der Waals surface area contributed by atoms with E-state index in [9.17, 15) is 4.79 Å². The van der Waals surface area contributed by atoms with Gasteiger partial charge in [0.15, 0.2) is 5.52 Å². The van der Waals surface area contributed by atoms with Crippen LogP contribution in [0.3, 0.4) is 0 Å². The molecule has 1 nitrogen and oxygen atoms in total. The molecule has 82 valence electrons. The smallest absolute Gasteiger partial charge is 0.183 e. The topological polar surface area (TPSA) is 17.1 Å². The van der Waals surface area contributed by atoms with E-state index in [1.165, 1.54) is 0 Å². The summed E-state index contributed by atoms with van der Waals surface area (Å²) in [6, 6.07) is 5.59. The number of rotatable bonds is 4. The number of carbonyl (C=O) groups is 1. The Bertz CT molecular complexity index is 342. The Labute approximate surface area is 98.0 Å². The molecular weight excluding hydrogens is 227 g/mol. The lowest BCUT2D eigenvalue weighted by atomic mass is 10.1. The van der Waals surface area contributed by atoms with Gasteiger partial charge in [-0.15, -0.1) is 0 Å². The van der Waals surface area contributed by atoms with Crippen molar-refractivity contribution in [2.75, 3.05) is 0 Å². The van der Waals surface area contributed by atoms with E-state index in [-0.39, 0.29) is 5.52 Å². The Morgan fingerprint density at radius 2 is 2.20 bits per heavy atom. The molecule has 15 heavy (non-hydrogen) atoms. The molecule has 0 amide bonds. The van der Waals surface area contributed by atoms with Gasteiger partial charge in [-0.25, -0.2) is 0 Å². The minimum Gasteiger partial charge on any atom is -0.289 e. The van der Waals surface area contributed by atoms with E-state index < -0.39 is 0 Å². The second-order valence-electron chi connectivity index (χ2n) is 3.71. The van der Waals surface area contributed by atoms with Crippen LogP contribution in [-0.2, 0) is 0 Å². The number of halogens is 1. The zero-order valence-electron chi connectivity index (χ0n) is 9.30. The first-order chi connectivity index (χ1) is 7.06. The molecule has 0 aliphatic carbocycles. The molecule has 0 aliphatic rings. The van der Waals surface area contributed by atoms with Crippen molar-refractivity contribution in [2.45, 2.75) is 32.9 Å². The molecule has 0 N–H and O–H groups in total. The van der Waals surface area contributed by atoms with Crippen molar-refractivity contribution in [1.82, 2.24) is 0 Å². The molecule has 2 unspecified atom stereocenters. The van der Waals surface area contributed by atoms with Gasteiger partial charge in [0.05, 0.1) is 5.02 Å².